The molecule has 0 aromatic heterocycles. The van der Waals surface area contributed by atoms with Crippen LogP contribution in [0, 0.1) is 11.3 Å². The van der Waals surface area contributed by atoms with Gasteiger partial charge in [-0.15, -0.1) is 0 Å². The average molecular weight is 276 g/mol. The lowest BCUT2D eigenvalue weighted by Crippen LogP contribution is -2.19. The van der Waals surface area contributed by atoms with E-state index in [9.17, 15) is 4.79 Å². The first-order valence-corrected chi connectivity index (χ1v) is 5.75. The highest BCUT2D eigenvalue weighted by atomic mass is 16.5. The molecule has 1 aromatic rings. The third kappa shape index (κ3) is 3.20. The van der Waals surface area contributed by atoms with Crippen LogP contribution in [0.2, 0.25) is 0 Å². The minimum Gasteiger partial charge on any atom is -0.493 e. The van der Waals surface area contributed by atoms with Gasteiger partial charge in [0.05, 0.1) is 21.3 Å². The lowest BCUT2D eigenvalue weighted by atomic mass is 10.1. The molecule has 6 heteroatoms. The Labute approximate surface area is 117 Å². The van der Waals surface area contributed by atoms with Crippen molar-refractivity contribution in [2.75, 3.05) is 28.4 Å². The second kappa shape index (κ2) is 7.04. The Morgan fingerprint density at radius 3 is 2.10 bits per heavy atom. The quantitative estimate of drug-likeness (QED) is 0.649. The Morgan fingerprint density at radius 2 is 1.75 bits per heavy atom. The number of ether oxygens (including phenoxy) is 3. The molecule has 0 spiro atoms. The van der Waals surface area contributed by atoms with E-state index in [1.165, 1.54) is 34.5 Å². The van der Waals surface area contributed by atoms with E-state index < -0.39 is 5.91 Å². The van der Waals surface area contributed by atoms with Crippen LogP contribution in [-0.2, 0) is 4.79 Å². The van der Waals surface area contributed by atoms with Gasteiger partial charge in [0.2, 0.25) is 5.75 Å². The summed E-state index contributed by atoms with van der Waals surface area (Å²) in [4.78, 5) is 11.5. The number of hydrogen-bond acceptors (Lipinski definition) is 5. The molecule has 0 radical (unpaired) electrons. The fourth-order valence-electron chi connectivity index (χ4n) is 1.63. The molecule has 1 aromatic carbocycles. The summed E-state index contributed by atoms with van der Waals surface area (Å²) >= 11 is 0. The van der Waals surface area contributed by atoms with Crippen LogP contribution >= 0.6 is 0 Å². The largest absolute Gasteiger partial charge is 0.493 e. The van der Waals surface area contributed by atoms with Crippen molar-refractivity contribution >= 4 is 12.0 Å². The van der Waals surface area contributed by atoms with Crippen molar-refractivity contribution in [1.82, 2.24) is 5.32 Å². The van der Waals surface area contributed by atoms with Gasteiger partial charge in [-0.05, 0) is 23.8 Å². The van der Waals surface area contributed by atoms with Gasteiger partial charge in [-0.3, -0.25) is 4.79 Å². The molecule has 6 nitrogen and oxygen atoms in total. The second-order valence-corrected chi connectivity index (χ2v) is 3.71. The van der Waals surface area contributed by atoms with E-state index in [-0.39, 0.29) is 5.57 Å². The molecule has 0 saturated heterocycles. The summed E-state index contributed by atoms with van der Waals surface area (Å²) in [6.07, 6.45) is 1.45. The molecule has 0 bridgehead atoms. The van der Waals surface area contributed by atoms with E-state index in [0.717, 1.165) is 0 Å². The summed E-state index contributed by atoms with van der Waals surface area (Å²) in [5.74, 6) is 0.895. The number of nitriles is 1. The number of rotatable bonds is 5. The lowest BCUT2D eigenvalue weighted by Gasteiger charge is -2.13. The van der Waals surface area contributed by atoms with Gasteiger partial charge in [0, 0.05) is 7.05 Å². The van der Waals surface area contributed by atoms with Crippen molar-refractivity contribution in [2.24, 2.45) is 0 Å². The van der Waals surface area contributed by atoms with Gasteiger partial charge in [-0.25, -0.2) is 0 Å². The van der Waals surface area contributed by atoms with Crippen molar-refractivity contribution in [3.8, 4) is 23.3 Å². The van der Waals surface area contributed by atoms with Crippen molar-refractivity contribution < 1.29 is 19.0 Å². The molecular formula is C14H16N2O4. The van der Waals surface area contributed by atoms with Crippen LogP contribution in [0.25, 0.3) is 6.08 Å². The Bertz CT molecular complexity index is 548. The normalized spacial score (nSPS) is 10.4. The predicted molar refractivity (Wildman–Crippen MR) is 73.8 cm³/mol. The molecule has 1 rings (SSSR count). The van der Waals surface area contributed by atoms with Gasteiger partial charge >= 0.3 is 0 Å². The Hall–Kier alpha value is -2.68. The van der Waals surface area contributed by atoms with Crippen LogP contribution in [0.5, 0.6) is 17.2 Å². The number of benzene rings is 1. The number of carbonyl (C=O) groups excluding carboxylic acids is 1. The topological polar surface area (TPSA) is 80.6 Å². The number of likely N-dealkylation sites (N-methyl/N-ethyl adjacent to an activating group) is 1. The standard InChI is InChI=1S/C14H16N2O4/c1-16-14(17)10(8-15)5-9-6-11(18-2)13(20-4)12(7-9)19-3/h5-7H,1-4H3,(H,16,17)/b10-5-. The number of hydrogen-bond donors (Lipinski definition) is 1. The number of nitrogens with one attached hydrogen (secondary N) is 1. The SMILES string of the molecule is CNC(=O)/C(C#N)=C\c1cc(OC)c(OC)c(OC)c1. The average Bonchev–Trinajstić information content (AvgIpc) is 2.50. The van der Waals surface area contributed by atoms with Crippen LogP contribution in [0.1, 0.15) is 5.56 Å². The molecule has 1 amide bonds. The first kappa shape index (κ1) is 15.4. The third-order valence-electron chi connectivity index (χ3n) is 2.59. The van der Waals surface area contributed by atoms with E-state index in [4.69, 9.17) is 19.5 Å². The molecule has 1 N–H and O–H groups in total. The van der Waals surface area contributed by atoms with Crippen LogP contribution < -0.4 is 19.5 Å². The number of amides is 1. The zero-order valence-corrected chi connectivity index (χ0v) is 11.8. The lowest BCUT2D eigenvalue weighted by molar-refractivity contribution is -0.116. The third-order valence-corrected chi connectivity index (χ3v) is 2.59. The minimum atomic E-state index is -0.457. The van der Waals surface area contributed by atoms with Gasteiger partial charge in [0.15, 0.2) is 11.5 Å². The van der Waals surface area contributed by atoms with E-state index in [2.05, 4.69) is 5.32 Å². The first-order valence-electron chi connectivity index (χ1n) is 5.75. The Morgan fingerprint density at radius 1 is 1.20 bits per heavy atom. The molecule has 0 saturated carbocycles. The summed E-state index contributed by atoms with van der Waals surface area (Å²) in [6.45, 7) is 0. The molecule has 20 heavy (non-hydrogen) atoms. The second-order valence-electron chi connectivity index (χ2n) is 3.71. The van der Waals surface area contributed by atoms with Crippen molar-refractivity contribution in [1.29, 1.82) is 5.26 Å². The van der Waals surface area contributed by atoms with Crippen molar-refractivity contribution in [2.45, 2.75) is 0 Å². The van der Waals surface area contributed by atoms with Crippen LogP contribution in [-0.4, -0.2) is 34.3 Å². The number of nitrogens with zero attached hydrogens (tertiary/aromatic N) is 1. The number of methoxy groups -OCH3 is 3. The molecule has 0 heterocycles. The zero-order chi connectivity index (χ0) is 15.1. The summed E-state index contributed by atoms with van der Waals surface area (Å²) in [5.41, 5.74) is 0.585. The molecule has 0 fully saturated rings. The fourth-order valence-corrected chi connectivity index (χ4v) is 1.63. The summed E-state index contributed by atoms with van der Waals surface area (Å²) in [6, 6.07) is 5.15. The van der Waals surface area contributed by atoms with Gasteiger partial charge < -0.3 is 19.5 Å². The Balaban J connectivity index is 3.37. The highest BCUT2D eigenvalue weighted by Crippen LogP contribution is 2.38. The van der Waals surface area contributed by atoms with E-state index in [1.807, 2.05) is 6.07 Å². The summed E-state index contributed by atoms with van der Waals surface area (Å²) in [5, 5.41) is 11.4. The van der Waals surface area contributed by atoms with Gasteiger partial charge in [0.1, 0.15) is 11.6 Å². The monoisotopic (exact) mass is 276 g/mol. The first-order chi connectivity index (χ1) is 9.60. The molecule has 0 atom stereocenters. The maximum atomic E-state index is 11.5. The zero-order valence-electron chi connectivity index (χ0n) is 11.8. The van der Waals surface area contributed by atoms with Crippen LogP contribution in [0.3, 0.4) is 0 Å². The molecule has 0 unspecified atom stereocenters. The highest BCUT2D eigenvalue weighted by Gasteiger charge is 2.14. The van der Waals surface area contributed by atoms with Crippen LogP contribution in [0.15, 0.2) is 17.7 Å². The van der Waals surface area contributed by atoms with Gasteiger partial charge in [-0.1, -0.05) is 0 Å². The molecule has 0 aliphatic rings. The van der Waals surface area contributed by atoms with E-state index in [0.29, 0.717) is 22.8 Å². The predicted octanol–water partition coefficient (Wildman–Crippen LogP) is 1.37. The van der Waals surface area contributed by atoms with Crippen LogP contribution in [0.4, 0.5) is 0 Å². The van der Waals surface area contributed by atoms with Gasteiger partial charge in [-0.2, -0.15) is 5.26 Å². The molecule has 106 valence electrons. The summed E-state index contributed by atoms with van der Waals surface area (Å²) < 4.78 is 15.6. The van der Waals surface area contributed by atoms with Crippen molar-refractivity contribution in [3.63, 3.8) is 0 Å². The Kier molecular flexibility index (Phi) is 5.42. The highest BCUT2D eigenvalue weighted by molar-refractivity contribution is 6.01. The maximum Gasteiger partial charge on any atom is 0.261 e. The van der Waals surface area contributed by atoms with Crippen molar-refractivity contribution in [3.05, 3.63) is 23.3 Å². The fraction of sp³-hybridized carbons (Fsp3) is 0.286. The summed E-state index contributed by atoms with van der Waals surface area (Å²) in [7, 11) is 5.95. The van der Waals surface area contributed by atoms with E-state index >= 15 is 0 Å². The van der Waals surface area contributed by atoms with Gasteiger partial charge in [0.25, 0.3) is 5.91 Å². The van der Waals surface area contributed by atoms with E-state index in [1.54, 1.807) is 12.1 Å². The maximum absolute atomic E-state index is 11.5. The molecular weight excluding hydrogens is 260 g/mol. The molecule has 0 aliphatic heterocycles. The smallest absolute Gasteiger partial charge is 0.261 e. The molecule has 0 aliphatic carbocycles. The number of carbonyl (C=O) groups is 1. The minimum absolute atomic E-state index is 0.0122.